The predicted molar refractivity (Wildman–Crippen MR) is 142 cm³/mol. The molecule has 2 aromatic carbocycles. The lowest BCUT2D eigenvalue weighted by Gasteiger charge is -2.14. The second-order valence-corrected chi connectivity index (χ2v) is 8.34. The Kier molecular flexibility index (Phi) is 7.95. The minimum absolute atomic E-state index is 0.0425. The van der Waals surface area contributed by atoms with Gasteiger partial charge in [0.2, 0.25) is 0 Å². The Balaban J connectivity index is 1.49. The molecule has 2 atom stereocenters. The van der Waals surface area contributed by atoms with Gasteiger partial charge in [-0.1, -0.05) is 29.8 Å². The highest BCUT2D eigenvalue weighted by Gasteiger charge is 2.23. The molecule has 1 aromatic heterocycles. The van der Waals surface area contributed by atoms with Crippen molar-refractivity contribution >= 4 is 41.2 Å². The number of hydrogen-bond donors (Lipinski definition) is 2. The van der Waals surface area contributed by atoms with E-state index in [0.717, 1.165) is 22.6 Å². The lowest BCUT2D eigenvalue weighted by Crippen LogP contribution is -2.18. The molecule has 0 amide bonds. The third-order valence-corrected chi connectivity index (χ3v) is 5.58. The molecule has 0 fully saturated rings. The van der Waals surface area contributed by atoms with E-state index in [1.54, 1.807) is 19.3 Å². The molecule has 0 unspecified atom stereocenters. The van der Waals surface area contributed by atoms with Gasteiger partial charge in [0.15, 0.2) is 0 Å². The maximum atomic E-state index is 6.48. The van der Waals surface area contributed by atoms with Crippen LogP contribution in [0.15, 0.2) is 81.8 Å². The quantitative estimate of drug-likeness (QED) is 0.341. The van der Waals surface area contributed by atoms with Crippen LogP contribution in [0.25, 0.3) is 0 Å². The fraction of sp³-hybridized carbons (Fsp3) is 0.231. The summed E-state index contributed by atoms with van der Waals surface area (Å²) in [5, 5.41) is 7.03. The molecule has 35 heavy (non-hydrogen) atoms. The SMILES string of the molecule is C/N=C\N=C(\Nc1ccc(OCc2ccccn2)c(Cl)c1)c1cccc(NC2=N[C@@H](C)[C@H](C)O2)c1. The normalized spacial score (nSPS) is 17.7. The van der Waals surface area contributed by atoms with Crippen molar-refractivity contribution in [2.45, 2.75) is 32.6 Å². The fourth-order valence-corrected chi connectivity index (χ4v) is 3.52. The molecule has 3 aromatic rings. The minimum Gasteiger partial charge on any atom is -0.486 e. The number of benzene rings is 2. The molecule has 4 rings (SSSR count). The fourth-order valence-electron chi connectivity index (χ4n) is 3.29. The van der Waals surface area contributed by atoms with Crippen molar-refractivity contribution < 1.29 is 9.47 Å². The van der Waals surface area contributed by atoms with Gasteiger partial charge in [-0.2, -0.15) is 0 Å². The summed E-state index contributed by atoms with van der Waals surface area (Å²) in [4.78, 5) is 17.2. The zero-order valence-corrected chi connectivity index (χ0v) is 20.5. The Labute approximate surface area is 209 Å². The molecule has 1 aliphatic heterocycles. The molecule has 2 heterocycles. The molecule has 0 bridgehead atoms. The van der Waals surface area contributed by atoms with Gasteiger partial charge >= 0.3 is 0 Å². The Morgan fingerprint density at radius 2 is 2.00 bits per heavy atom. The third-order valence-electron chi connectivity index (χ3n) is 5.28. The van der Waals surface area contributed by atoms with E-state index in [1.807, 2.05) is 68.4 Å². The van der Waals surface area contributed by atoms with Crippen LogP contribution < -0.4 is 15.4 Å². The average Bonchev–Trinajstić information content (AvgIpc) is 3.18. The monoisotopic (exact) mass is 490 g/mol. The molecular weight excluding hydrogens is 464 g/mol. The number of hydrogen-bond acceptors (Lipinski definition) is 6. The zero-order chi connectivity index (χ0) is 24.6. The number of rotatable bonds is 7. The number of aliphatic imine (C=N–C) groups is 3. The second-order valence-electron chi connectivity index (χ2n) is 7.93. The molecule has 0 saturated carbocycles. The summed E-state index contributed by atoms with van der Waals surface area (Å²) in [6.07, 6.45) is 3.26. The Bertz CT molecular complexity index is 1250. The van der Waals surface area contributed by atoms with Gasteiger partial charge in [-0.25, -0.2) is 9.98 Å². The van der Waals surface area contributed by atoms with Gasteiger partial charge in [-0.15, -0.1) is 0 Å². The molecule has 9 heteroatoms. The number of anilines is 2. The van der Waals surface area contributed by atoms with Gasteiger partial charge in [0.25, 0.3) is 6.02 Å². The molecule has 0 radical (unpaired) electrons. The van der Waals surface area contributed by atoms with Crippen LogP contribution in [0.4, 0.5) is 11.4 Å². The van der Waals surface area contributed by atoms with Crippen molar-refractivity contribution in [1.82, 2.24) is 4.98 Å². The molecule has 0 saturated heterocycles. The first kappa shape index (κ1) is 24.2. The number of halogens is 1. The molecular formula is C26H27ClN6O2. The summed E-state index contributed by atoms with van der Waals surface area (Å²) >= 11 is 6.48. The van der Waals surface area contributed by atoms with Crippen LogP contribution in [0.1, 0.15) is 25.1 Å². The topological polar surface area (TPSA) is 92.5 Å². The zero-order valence-electron chi connectivity index (χ0n) is 19.8. The van der Waals surface area contributed by atoms with E-state index >= 15 is 0 Å². The number of aromatic nitrogens is 1. The van der Waals surface area contributed by atoms with Crippen molar-refractivity contribution in [2.24, 2.45) is 15.0 Å². The van der Waals surface area contributed by atoms with E-state index in [9.17, 15) is 0 Å². The van der Waals surface area contributed by atoms with Crippen molar-refractivity contribution in [2.75, 3.05) is 17.7 Å². The molecule has 0 spiro atoms. The molecule has 180 valence electrons. The van der Waals surface area contributed by atoms with Crippen LogP contribution in [0, 0.1) is 0 Å². The number of ether oxygens (including phenoxy) is 2. The van der Waals surface area contributed by atoms with Crippen molar-refractivity contribution in [3.05, 3.63) is 83.1 Å². The molecule has 2 N–H and O–H groups in total. The summed E-state index contributed by atoms with van der Waals surface area (Å²) in [5.41, 5.74) is 3.27. The van der Waals surface area contributed by atoms with E-state index in [-0.39, 0.29) is 12.1 Å². The van der Waals surface area contributed by atoms with Gasteiger partial charge in [0, 0.05) is 30.2 Å². The number of nitrogens with one attached hydrogen (secondary N) is 2. The summed E-state index contributed by atoms with van der Waals surface area (Å²) in [6.45, 7) is 4.35. The summed E-state index contributed by atoms with van der Waals surface area (Å²) in [6, 6.07) is 19.6. The highest BCUT2D eigenvalue weighted by molar-refractivity contribution is 6.32. The van der Waals surface area contributed by atoms with E-state index in [0.29, 0.717) is 29.2 Å². The Hall–Kier alpha value is -3.91. The van der Waals surface area contributed by atoms with Crippen LogP contribution in [0.2, 0.25) is 5.02 Å². The maximum Gasteiger partial charge on any atom is 0.289 e. The standard InChI is InChI=1S/C26H27ClN6O2/c1-17-18(2)35-26(31-17)33-20-9-6-7-19(13-20)25(30-16-28-3)32-21-10-11-24(23(27)14-21)34-15-22-8-4-5-12-29-22/h4-14,16-18H,15H2,1-3H3,(H,31,33)(H,28,30,32)/t17-,18-/m0/s1. The lowest BCUT2D eigenvalue weighted by molar-refractivity contribution is 0.218. The van der Waals surface area contributed by atoms with E-state index in [4.69, 9.17) is 21.1 Å². The van der Waals surface area contributed by atoms with Gasteiger partial charge in [0.1, 0.15) is 30.6 Å². The average molecular weight is 491 g/mol. The molecule has 0 aliphatic carbocycles. The first-order valence-corrected chi connectivity index (χ1v) is 11.6. The van der Waals surface area contributed by atoms with Crippen LogP contribution in [0.5, 0.6) is 5.75 Å². The van der Waals surface area contributed by atoms with E-state index in [1.165, 1.54) is 6.34 Å². The number of nitrogens with zero attached hydrogens (tertiary/aromatic N) is 4. The second kappa shape index (κ2) is 11.5. The number of amidine groups is 2. The Morgan fingerprint density at radius 3 is 2.71 bits per heavy atom. The number of pyridine rings is 1. The summed E-state index contributed by atoms with van der Waals surface area (Å²) < 4.78 is 11.6. The third kappa shape index (κ3) is 6.58. The summed E-state index contributed by atoms with van der Waals surface area (Å²) in [7, 11) is 1.67. The largest absolute Gasteiger partial charge is 0.486 e. The van der Waals surface area contributed by atoms with Crippen molar-refractivity contribution in [1.29, 1.82) is 0 Å². The van der Waals surface area contributed by atoms with Crippen LogP contribution in [-0.2, 0) is 11.3 Å². The van der Waals surface area contributed by atoms with Gasteiger partial charge in [0.05, 0.1) is 16.8 Å². The summed E-state index contributed by atoms with van der Waals surface area (Å²) in [5.74, 6) is 1.18. The highest BCUT2D eigenvalue weighted by atomic mass is 35.5. The van der Waals surface area contributed by atoms with Gasteiger partial charge in [-0.3, -0.25) is 9.98 Å². The van der Waals surface area contributed by atoms with Crippen LogP contribution in [0.3, 0.4) is 0 Å². The first-order valence-electron chi connectivity index (χ1n) is 11.2. The predicted octanol–water partition coefficient (Wildman–Crippen LogP) is 5.41. The van der Waals surface area contributed by atoms with Crippen LogP contribution >= 0.6 is 11.6 Å². The Morgan fingerprint density at radius 1 is 1.11 bits per heavy atom. The van der Waals surface area contributed by atoms with E-state index < -0.39 is 0 Å². The van der Waals surface area contributed by atoms with Crippen LogP contribution in [-0.4, -0.2) is 42.4 Å². The molecule has 8 nitrogen and oxygen atoms in total. The van der Waals surface area contributed by atoms with Gasteiger partial charge in [-0.05, 0) is 56.3 Å². The first-order chi connectivity index (χ1) is 17.0. The van der Waals surface area contributed by atoms with Gasteiger partial charge < -0.3 is 20.1 Å². The highest BCUT2D eigenvalue weighted by Crippen LogP contribution is 2.29. The van der Waals surface area contributed by atoms with E-state index in [2.05, 4.69) is 30.6 Å². The minimum atomic E-state index is 0.0425. The van der Waals surface area contributed by atoms with Crippen molar-refractivity contribution in [3.8, 4) is 5.75 Å². The lowest BCUT2D eigenvalue weighted by atomic mass is 10.1. The maximum absolute atomic E-state index is 6.48. The molecule has 1 aliphatic rings. The van der Waals surface area contributed by atoms with Crippen molar-refractivity contribution in [3.63, 3.8) is 0 Å². The smallest absolute Gasteiger partial charge is 0.289 e.